The Bertz CT molecular complexity index is 436. The van der Waals surface area contributed by atoms with Crippen molar-refractivity contribution in [3.05, 3.63) is 0 Å². The Kier molecular flexibility index (Phi) is 4.44. The Morgan fingerprint density at radius 3 is 1.91 bits per heavy atom. The molecule has 2 rings (SSSR count). The predicted molar refractivity (Wildman–Crippen MR) is 80.5 cm³/mol. The van der Waals surface area contributed by atoms with Gasteiger partial charge in [0.05, 0.1) is 0 Å². The van der Waals surface area contributed by atoms with Crippen LogP contribution in [0.2, 0.25) is 0 Å². The van der Waals surface area contributed by atoms with E-state index in [0.717, 1.165) is 12.8 Å². The highest BCUT2D eigenvalue weighted by Crippen LogP contribution is 2.47. The Morgan fingerprint density at radius 2 is 1.50 bits per heavy atom. The van der Waals surface area contributed by atoms with Gasteiger partial charge in [0.2, 0.25) is 0 Å². The molecule has 22 heavy (non-hydrogen) atoms. The third-order valence-electron chi connectivity index (χ3n) is 5.01. The lowest BCUT2D eigenvalue weighted by molar-refractivity contribution is -0.165. The third kappa shape index (κ3) is 3.72. The summed E-state index contributed by atoms with van der Waals surface area (Å²) in [6.45, 7) is 6.83. The number of aliphatic hydroxyl groups is 1. The van der Waals surface area contributed by atoms with Gasteiger partial charge in [0.1, 0.15) is 5.60 Å². The van der Waals surface area contributed by atoms with Crippen molar-refractivity contribution in [3.8, 4) is 0 Å². The molecule has 1 spiro atoms. The van der Waals surface area contributed by atoms with E-state index in [1.807, 2.05) is 20.8 Å². The standard InChI is InChI=1S/C16H27NO5/c1-14(2,3)22-13(20)17-10-8-15(9-11-17)4-6-16(21,7-5-15)12(18)19/h21H,4-11H2,1-3H3,(H,18,19). The van der Waals surface area contributed by atoms with Crippen molar-refractivity contribution in [1.29, 1.82) is 0 Å². The first kappa shape index (κ1) is 17.1. The molecule has 0 bridgehead atoms. The van der Waals surface area contributed by atoms with Crippen molar-refractivity contribution in [1.82, 2.24) is 4.90 Å². The van der Waals surface area contributed by atoms with Gasteiger partial charge in [0.15, 0.2) is 5.60 Å². The highest BCUT2D eigenvalue weighted by atomic mass is 16.6. The average molecular weight is 313 g/mol. The first-order valence-electron chi connectivity index (χ1n) is 7.99. The van der Waals surface area contributed by atoms with Crippen molar-refractivity contribution in [2.45, 2.75) is 70.5 Å². The summed E-state index contributed by atoms with van der Waals surface area (Å²) in [5.74, 6) is -1.12. The Hall–Kier alpha value is -1.30. The fourth-order valence-electron chi connectivity index (χ4n) is 3.40. The van der Waals surface area contributed by atoms with Gasteiger partial charge >= 0.3 is 12.1 Å². The number of hydrogen-bond donors (Lipinski definition) is 2. The Labute approximate surface area is 131 Å². The molecule has 1 aliphatic heterocycles. The molecule has 0 radical (unpaired) electrons. The van der Waals surface area contributed by atoms with Crippen LogP contribution in [0, 0.1) is 5.41 Å². The van der Waals surface area contributed by atoms with Crippen LogP contribution < -0.4 is 0 Å². The van der Waals surface area contributed by atoms with Crippen LogP contribution in [0.25, 0.3) is 0 Å². The first-order chi connectivity index (χ1) is 10.1. The van der Waals surface area contributed by atoms with Crippen molar-refractivity contribution in [3.63, 3.8) is 0 Å². The van der Waals surface area contributed by atoms with Gasteiger partial charge in [-0.2, -0.15) is 0 Å². The van der Waals surface area contributed by atoms with Crippen molar-refractivity contribution in [2.24, 2.45) is 5.41 Å². The van der Waals surface area contributed by atoms with E-state index in [-0.39, 0.29) is 11.5 Å². The SMILES string of the molecule is CC(C)(C)OC(=O)N1CCC2(CC1)CCC(O)(C(=O)O)CC2. The van der Waals surface area contributed by atoms with Crippen LogP contribution in [0.3, 0.4) is 0 Å². The molecule has 126 valence electrons. The molecule has 1 heterocycles. The van der Waals surface area contributed by atoms with Gasteiger partial charge in [-0.05, 0) is 64.7 Å². The molecule has 0 atom stereocenters. The average Bonchev–Trinajstić information content (AvgIpc) is 2.41. The zero-order valence-electron chi connectivity index (χ0n) is 13.7. The van der Waals surface area contributed by atoms with Crippen LogP contribution in [0.1, 0.15) is 59.3 Å². The highest BCUT2D eigenvalue weighted by molar-refractivity contribution is 5.77. The van der Waals surface area contributed by atoms with E-state index in [9.17, 15) is 14.7 Å². The number of carbonyl (C=O) groups excluding carboxylic acids is 1. The van der Waals surface area contributed by atoms with Gasteiger partial charge < -0.3 is 19.8 Å². The summed E-state index contributed by atoms with van der Waals surface area (Å²) in [4.78, 5) is 24.9. The van der Waals surface area contributed by atoms with E-state index in [0.29, 0.717) is 38.8 Å². The molecule has 0 aromatic carbocycles. The third-order valence-corrected chi connectivity index (χ3v) is 5.01. The lowest BCUT2D eigenvalue weighted by atomic mass is 9.64. The number of hydrogen-bond acceptors (Lipinski definition) is 4. The Morgan fingerprint density at radius 1 is 1.00 bits per heavy atom. The molecule has 6 nitrogen and oxygen atoms in total. The molecule has 2 N–H and O–H groups in total. The van der Waals surface area contributed by atoms with Gasteiger partial charge in [-0.3, -0.25) is 0 Å². The van der Waals surface area contributed by atoms with Crippen LogP contribution in [-0.2, 0) is 9.53 Å². The number of rotatable bonds is 1. The molecule has 0 unspecified atom stereocenters. The van der Waals surface area contributed by atoms with Crippen LogP contribution >= 0.6 is 0 Å². The molecule has 1 saturated heterocycles. The van der Waals surface area contributed by atoms with Crippen molar-refractivity contribution in [2.75, 3.05) is 13.1 Å². The molecule has 0 aromatic heterocycles. The molecule has 6 heteroatoms. The van der Waals surface area contributed by atoms with Crippen molar-refractivity contribution >= 4 is 12.1 Å². The summed E-state index contributed by atoms with van der Waals surface area (Å²) >= 11 is 0. The van der Waals surface area contributed by atoms with Crippen LogP contribution in [0.4, 0.5) is 4.79 Å². The van der Waals surface area contributed by atoms with Gasteiger partial charge in [-0.1, -0.05) is 0 Å². The van der Waals surface area contributed by atoms with E-state index < -0.39 is 17.2 Å². The molecule has 2 fully saturated rings. The Balaban J connectivity index is 1.88. The number of aliphatic carboxylic acids is 1. The molecule has 1 aliphatic carbocycles. The quantitative estimate of drug-likeness (QED) is 0.776. The molecular formula is C16H27NO5. The number of likely N-dealkylation sites (tertiary alicyclic amines) is 1. The number of carboxylic acids is 1. The van der Waals surface area contributed by atoms with Crippen LogP contribution in [-0.4, -0.2) is 51.5 Å². The second-order valence-corrected chi connectivity index (χ2v) is 7.80. The number of ether oxygens (including phenoxy) is 1. The number of nitrogens with zero attached hydrogens (tertiary/aromatic N) is 1. The monoisotopic (exact) mass is 313 g/mol. The van der Waals surface area contributed by atoms with E-state index >= 15 is 0 Å². The summed E-state index contributed by atoms with van der Waals surface area (Å²) in [6.07, 6.45) is 3.43. The second-order valence-electron chi connectivity index (χ2n) is 7.80. The van der Waals surface area contributed by atoms with E-state index in [2.05, 4.69) is 0 Å². The maximum Gasteiger partial charge on any atom is 0.410 e. The zero-order valence-corrected chi connectivity index (χ0v) is 13.7. The fourth-order valence-corrected chi connectivity index (χ4v) is 3.40. The number of carboxylic acid groups (broad SMARTS) is 1. The van der Waals surface area contributed by atoms with Gasteiger partial charge in [-0.15, -0.1) is 0 Å². The summed E-state index contributed by atoms with van der Waals surface area (Å²) in [5, 5.41) is 19.1. The number of amides is 1. The van der Waals surface area contributed by atoms with E-state index in [4.69, 9.17) is 9.84 Å². The van der Waals surface area contributed by atoms with Crippen LogP contribution in [0.15, 0.2) is 0 Å². The zero-order chi connectivity index (χ0) is 16.6. The van der Waals surface area contributed by atoms with Gasteiger partial charge in [0, 0.05) is 13.1 Å². The molecule has 1 saturated carbocycles. The highest BCUT2D eigenvalue weighted by Gasteiger charge is 2.47. The fraction of sp³-hybridized carbons (Fsp3) is 0.875. The molecule has 2 aliphatic rings. The van der Waals surface area contributed by atoms with Crippen molar-refractivity contribution < 1.29 is 24.5 Å². The molecule has 0 aromatic rings. The topological polar surface area (TPSA) is 87.1 Å². The van der Waals surface area contributed by atoms with E-state index in [1.54, 1.807) is 4.90 Å². The lowest BCUT2D eigenvalue weighted by Crippen LogP contribution is -2.50. The summed E-state index contributed by atoms with van der Waals surface area (Å²) < 4.78 is 5.39. The van der Waals surface area contributed by atoms with Gasteiger partial charge in [0.25, 0.3) is 0 Å². The van der Waals surface area contributed by atoms with E-state index in [1.165, 1.54) is 0 Å². The lowest BCUT2D eigenvalue weighted by Gasteiger charge is -2.47. The minimum atomic E-state index is -1.56. The smallest absolute Gasteiger partial charge is 0.410 e. The first-order valence-corrected chi connectivity index (χ1v) is 7.99. The minimum absolute atomic E-state index is 0.0696. The maximum absolute atomic E-state index is 12.1. The molecular weight excluding hydrogens is 286 g/mol. The largest absolute Gasteiger partial charge is 0.479 e. The summed E-state index contributed by atoms with van der Waals surface area (Å²) in [6, 6.07) is 0. The summed E-state index contributed by atoms with van der Waals surface area (Å²) in [5.41, 5.74) is -1.98. The number of carbonyl (C=O) groups is 2. The second kappa shape index (κ2) is 5.72. The van der Waals surface area contributed by atoms with Crippen LogP contribution in [0.5, 0.6) is 0 Å². The predicted octanol–water partition coefficient (Wildman–Crippen LogP) is 2.39. The summed E-state index contributed by atoms with van der Waals surface area (Å²) in [7, 11) is 0. The maximum atomic E-state index is 12.1. The normalized spacial score (nSPS) is 24.1. The minimum Gasteiger partial charge on any atom is -0.479 e. The number of piperidine rings is 1. The van der Waals surface area contributed by atoms with Gasteiger partial charge in [-0.25, -0.2) is 9.59 Å². The molecule has 1 amide bonds.